The third-order valence-electron chi connectivity index (χ3n) is 7.95. The molecule has 49 heavy (non-hydrogen) atoms. The predicted molar refractivity (Wildman–Crippen MR) is 196 cm³/mol. The maximum Gasteiger partial charge on any atom is 0.264 e. The van der Waals surface area contributed by atoms with Crippen molar-refractivity contribution in [3.8, 4) is 11.5 Å². The van der Waals surface area contributed by atoms with Crippen LogP contribution in [0.3, 0.4) is 0 Å². The van der Waals surface area contributed by atoms with Gasteiger partial charge < -0.3 is 19.7 Å². The van der Waals surface area contributed by atoms with Crippen molar-refractivity contribution in [2.45, 2.75) is 55.5 Å². The highest BCUT2D eigenvalue weighted by Gasteiger charge is 2.34. The van der Waals surface area contributed by atoms with Gasteiger partial charge in [-0.1, -0.05) is 55.8 Å². The number of rotatable bonds is 18. The normalized spacial score (nSPS) is 11.8. The van der Waals surface area contributed by atoms with E-state index in [1.807, 2.05) is 68.6 Å². The van der Waals surface area contributed by atoms with Crippen LogP contribution in [0.5, 0.6) is 11.5 Å². The van der Waals surface area contributed by atoms with E-state index in [-0.39, 0.29) is 23.8 Å². The second-order valence-electron chi connectivity index (χ2n) is 11.3. The number of ether oxygens (including phenoxy) is 2. The molecule has 0 fully saturated rings. The van der Waals surface area contributed by atoms with E-state index >= 15 is 0 Å². The van der Waals surface area contributed by atoms with Crippen LogP contribution in [-0.2, 0) is 32.6 Å². The third kappa shape index (κ3) is 10.3. The van der Waals surface area contributed by atoms with Gasteiger partial charge in [0.15, 0.2) is 0 Å². The molecule has 0 aromatic heterocycles. The number of carbonyl (C=O) groups excluding carboxylic acids is 2. The van der Waals surface area contributed by atoms with Gasteiger partial charge >= 0.3 is 0 Å². The third-order valence-corrected chi connectivity index (χ3v) is 10.5. The lowest BCUT2D eigenvalue weighted by Crippen LogP contribution is -2.53. The first-order valence-electron chi connectivity index (χ1n) is 16.3. The van der Waals surface area contributed by atoms with Crippen LogP contribution in [0, 0.1) is 0 Å². The Kier molecular flexibility index (Phi) is 14.0. The smallest absolute Gasteiger partial charge is 0.264 e. The van der Waals surface area contributed by atoms with Crippen LogP contribution in [0.2, 0.25) is 0 Å². The quantitative estimate of drug-likeness (QED) is 0.0924. The van der Waals surface area contributed by atoms with Gasteiger partial charge in [0.05, 0.1) is 24.3 Å². The van der Waals surface area contributed by atoms with Crippen molar-refractivity contribution in [3.05, 3.63) is 114 Å². The van der Waals surface area contributed by atoms with Gasteiger partial charge in [0.2, 0.25) is 11.8 Å². The van der Waals surface area contributed by atoms with Gasteiger partial charge in [-0.05, 0) is 91.4 Å². The SMILES string of the molecule is CCCCNC(=O)C(Cc1ccccc1)N(Cc1cccc(OC)c1)C(=O)CN(c1ccc(OCC)cc1)S(=O)(=O)c1ccc(SC)cc1. The van der Waals surface area contributed by atoms with Crippen LogP contribution in [0.15, 0.2) is 113 Å². The van der Waals surface area contributed by atoms with Crippen molar-refractivity contribution in [2.75, 3.05) is 37.4 Å². The lowest BCUT2D eigenvalue weighted by atomic mass is 10.0. The summed E-state index contributed by atoms with van der Waals surface area (Å²) in [6, 6.07) is 29.0. The van der Waals surface area contributed by atoms with Crippen molar-refractivity contribution < 1.29 is 27.5 Å². The highest BCUT2D eigenvalue weighted by atomic mass is 32.2. The molecule has 0 radical (unpaired) electrons. The molecule has 0 heterocycles. The van der Waals surface area contributed by atoms with E-state index in [1.54, 1.807) is 61.7 Å². The molecule has 0 spiro atoms. The number of nitrogens with one attached hydrogen (secondary N) is 1. The van der Waals surface area contributed by atoms with Crippen LogP contribution >= 0.6 is 11.8 Å². The molecule has 0 aliphatic heterocycles. The molecule has 260 valence electrons. The minimum absolute atomic E-state index is 0.0458. The van der Waals surface area contributed by atoms with Crippen molar-refractivity contribution in [1.82, 2.24) is 10.2 Å². The van der Waals surface area contributed by atoms with E-state index in [1.165, 1.54) is 16.7 Å². The Morgan fingerprint density at radius 2 is 1.55 bits per heavy atom. The molecule has 4 aromatic rings. The molecule has 1 N–H and O–H groups in total. The zero-order valence-corrected chi connectivity index (χ0v) is 30.1. The van der Waals surface area contributed by atoms with Gasteiger partial charge in [-0.2, -0.15) is 0 Å². The Hall–Kier alpha value is -4.48. The predicted octanol–water partition coefficient (Wildman–Crippen LogP) is 6.57. The van der Waals surface area contributed by atoms with Crippen molar-refractivity contribution >= 4 is 39.3 Å². The van der Waals surface area contributed by atoms with Gasteiger partial charge in [-0.25, -0.2) is 8.42 Å². The fourth-order valence-electron chi connectivity index (χ4n) is 5.31. The lowest BCUT2D eigenvalue weighted by molar-refractivity contribution is -0.140. The average molecular weight is 704 g/mol. The van der Waals surface area contributed by atoms with Crippen molar-refractivity contribution in [3.63, 3.8) is 0 Å². The largest absolute Gasteiger partial charge is 0.497 e. The number of benzene rings is 4. The standard InChI is InChI=1S/C38H45N3O6S2/c1-5-7-24-39-38(43)36(26-29-12-9-8-10-13-29)40(27-30-14-11-15-33(25-30)46-3)37(42)28-41(31-16-18-32(19-17-31)47-6-2)49(44,45)35-22-20-34(48-4)21-23-35/h8-23,25,36H,5-7,24,26-28H2,1-4H3,(H,39,43). The number of nitrogens with zero attached hydrogens (tertiary/aromatic N) is 2. The molecule has 1 atom stereocenters. The summed E-state index contributed by atoms with van der Waals surface area (Å²) in [5, 5.41) is 3.01. The van der Waals surface area contributed by atoms with Gasteiger partial charge in [0.1, 0.15) is 24.1 Å². The highest BCUT2D eigenvalue weighted by molar-refractivity contribution is 7.98. The fourth-order valence-corrected chi connectivity index (χ4v) is 7.13. The number of methoxy groups -OCH3 is 1. The summed E-state index contributed by atoms with van der Waals surface area (Å²) >= 11 is 1.50. The number of anilines is 1. The highest BCUT2D eigenvalue weighted by Crippen LogP contribution is 2.28. The maximum atomic E-state index is 14.7. The monoisotopic (exact) mass is 703 g/mol. The summed E-state index contributed by atoms with van der Waals surface area (Å²) in [6.07, 6.45) is 3.83. The minimum Gasteiger partial charge on any atom is -0.497 e. The summed E-state index contributed by atoms with van der Waals surface area (Å²) in [5.74, 6) is 0.332. The Balaban J connectivity index is 1.80. The van der Waals surface area contributed by atoms with E-state index in [0.717, 1.165) is 33.2 Å². The first-order chi connectivity index (χ1) is 23.7. The molecule has 4 rings (SSSR count). The number of amides is 2. The van der Waals surface area contributed by atoms with Crippen molar-refractivity contribution in [2.24, 2.45) is 0 Å². The first kappa shape index (κ1) is 37.3. The molecule has 0 saturated heterocycles. The minimum atomic E-state index is -4.22. The molecule has 0 aliphatic rings. The Morgan fingerprint density at radius 3 is 2.18 bits per heavy atom. The van der Waals surface area contributed by atoms with E-state index in [0.29, 0.717) is 30.3 Å². The molecule has 0 saturated carbocycles. The van der Waals surface area contributed by atoms with Gasteiger partial charge in [0, 0.05) is 24.4 Å². The van der Waals surface area contributed by atoms with E-state index in [9.17, 15) is 18.0 Å². The summed E-state index contributed by atoms with van der Waals surface area (Å²) in [4.78, 5) is 31.1. The van der Waals surface area contributed by atoms with E-state index in [4.69, 9.17) is 9.47 Å². The van der Waals surface area contributed by atoms with Gasteiger partial charge in [-0.3, -0.25) is 13.9 Å². The number of sulfonamides is 1. The molecule has 11 heteroatoms. The molecule has 1 unspecified atom stereocenters. The number of thioether (sulfide) groups is 1. The second kappa shape index (κ2) is 18.3. The maximum absolute atomic E-state index is 14.7. The zero-order valence-electron chi connectivity index (χ0n) is 28.5. The zero-order chi connectivity index (χ0) is 35.2. The number of unbranched alkanes of at least 4 members (excludes halogenated alkanes) is 1. The van der Waals surface area contributed by atoms with Crippen LogP contribution < -0.4 is 19.1 Å². The molecule has 0 bridgehead atoms. The summed E-state index contributed by atoms with van der Waals surface area (Å²) in [5.41, 5.74) is 1.89. The number of hydrogen-bond acceptors (Lipinski definition) is 7. The molecule has 0 aliphatic carbocycles. The molecular weight excluding hydrogens is 659 g/mol. The average Bonchev–Trinajstić information content (AvgIpc) is 3.13. The second-order valence-corrected chi connectivity index (χ2v) is 14.1. The van der Waals surface area contributed by atoms with Gasteiger partial charge in [-0.15, -0.1) is 11.8 Å². The van der Waals surface area contributed by atoms with Crippen LogP contribution in [-0.4, -0.2) is 64.2 Å². The topological polar surface area (TPSA) is 105 Å². The lowest BCUT2D eigenvalue weighted by Gasteiger charge is -2.34. The van der Waals surface area contributed by atoms with Crippen molar-refractivity contribution in [1.29, 1.82) is 0 Å². The van der Waals surface area contributed by atoms with Gasteiger partial charge in [0.25, 0.3) is 10.0 Å². The molecular formula is C38H45N3O6S2. The van der Waals surface area contributed by atoms with E-state index in [2.05, 4.69) is 5.32 Å². The molecule has 4 aromatic carbocycles. The first-order valence-corrected chi connectivity index (χ1v) is 19.0. The Bertz CT molecular complexity index is 1750. The number of carbonyl (C=O) groups is 2. The van der Waals surface area contributed by atoms with Crippen LogP contribution in [0.4, 0.5) is 5.69 Å². The number of hydrogen-bond donors (Lipinski definition) is 1. The molecule has 9 nitrogen and oxygen atoms in total. The van der Waals surface area contributed by atoms with Crippen LogP contribution in [0.1, 0.15) is 37.8 Å². The van der Waals surface area contributed by atoms with Crippen LogP contribution in [0.25, 0.3) is 0 Å². The van der Waals surface area contributed by atoms with E-state index < -0.39 is 28.5 Å². The Morgan fingerprint density at radius 1 is 0.857 bits per heavy atom. The summed E-state index contributed by atoms with van der Waals surface area (Å²) < 4.78 is 40.8. The summed E-state index contributed by atoms with van der Waals surface area (Å²) in [6.45, 7) is 4.32. The summed E-state index contributed by atoms with van der Waals surface area (Å²) in [7, 11) is -2.66. The fraction of sp³-hybridized carbons (Fsp3) is 0.316. The molecule has 2 amide bonds. The Labute approximate surface area is 294 Å².